The average molecular weight is 334 g/mol. The van der Waals surface area contributed by atoms with Gasteiger partial charge in [0.25, 0.3) is 0 Å². The van der Waals surface area contributed by atoms with Crippen molar-refractivity contribution in [1.82, 2.24) is 5.32 Å². The van der Waals surface area contributed by atoms with Crippen molar-refractivity contribution in [1.29, 1.82) is 0 Å². The summed E-state index contributed by atoms with van der Waals surface area (Å²) < 4.78 is 36.9. The number of benzene rings is 1. The van der Waals surface area contributed by atoms with Crippen molar-refractivity contribution in [2.45, 2.75) is 24.1 Å². The number of aliphatic imine (C=N–C) groups is 1. The normalized spacial score (nSPS) is 15.9. The lowest BCUT2D eigenvalue weighted by atomic mass is 10.2. The van der Waals surface area contributed by atoms with Gasteiger partial charge in [-0.15, -0.1) is 0 Å². The van der Waals surface area contributed by atoms with E-state index in [2.05, 4.69) is 4.99 Å². The SMILES string of the molecule is CC(SC1=Nc2ccccc2CS1)C(=O)NCC(F)(F)F. The highest BCUT2D eigenvalue weighted by Gasteiger charge is 2.29. The van der Waals surface area contributed by atoms with Crippen LogP contribution in [0.3, 0.4) is 0 Å². The third-order valence-electron chi connectivity index (χ3n) is 2.66. The van der Waals surface area contributed by atoms with E-state index in [1.807, 2.05) is 29.6 Å². The lowest BCUT2D eigenvalue weighted by molar-refractivity contribution is -0.137. The van der Waals surface area contributed by atoms with Crippen molar-refractivity contribution in [3.05, 3.63) is 29.8 Å². The van der Waals surface area contributed by atoms with Crippen LogP contribution in [0, 0.1) is 0 Å². The quantitative estimate of drug-likeness (QED) is 0.916. The molecule has 2 rings (SSSR count). The summed E-state index contributed by atoms with van der Waals surface area (Å²) in [6.45, 7) is 0.263. The number of amides is 1. The molecule has 0 radical (unpaired) electrons. The van der Waals surface area contributed by atoms with Crippen LogP contribution in [0.2, 0.25) is 0 Å². The highest BCUT2D eigenvalue weighted by molar-refractivity contribution is 8.39. The van der Waals surface area contributed by atoms with Gasteiger partial charge in [-0.1, -0.05) is 41.7 Å². The average Bonchev–Trinajstić information content (AvgIpc) is 2.43. The number of fused-ring (bicyclic) bond motifs is 1. The molecule has 114 valence electrons. The highest BCUT2D eigenvalue weighted by Crippen LogP contribution is 2.35. The summed E-state index contributed by atoms with van der Waals surface area (Å²) in [5.41, 5.74) is 1.96. The lowest BCUT2D eigenvalue weighted by Crippen LogP contribution is -2.38. The summed E-state index contributed by atoms with van der Waals surface area (Å²) in [5.74, 6) is 0.110. The van der Waals surface area contributed by atoms with Gasteiger partial charge in [0.05, 0.1) is 10.9 Å². The number of nitrogens with one attached hydrogen (secondary N) is 1. The number of nitrogens with zero attached hydrogens (tertiary/aromatic N) is 1. The van der Waals surface area contributed by atoms with Crippen LogP contribution < -0.4 is 5.32 Å². The predicted molar refractivity (Wildman–Crippen MR) is 80.9 cm³/mol. The maximum atomic E-state index is 12.1. The smallest absolute Gasteiger partial charge is 0.346 e. The minimum absolute atomic E-state index is 0.621. The number of hydrogen-bond donors (Lipinski definition) is 1. The molecule has 1 aliphatic heterocycles. The van der Waals surface area contributed by atoms with Crippen LogP contribution in [0.4, 0.5) is 18.9 Å². The molecule has 1 aliphatic rings. The summed E-state index contributed by atoms with van der Waals surface area (Å²) in [4.78, 5) is 16.0. The molecule has 1 aromatic carbocycles. The first-order valence-corrected chi connectivity index (χ1v) is 8.02. The Morgan fingerprint density at radius 1 is 1.48 bits per heavy atom. The van der Waals surface area contributed by atoms with Gasteiger partial charge in [-0.25, -0.2) is 4.99 Å². The predicted octanol–water partition coefficient (Wildman–Crippen LogP) is 3.72. The molecule has 1 amide bonds. The van der Waals surface area contributed by atoms with Gasteiger partial charge in [-0.2, -0.15) is 13.2 Å². The van der Waals surface area contributed by atoms with Gasteiger partial charge >= 0.3 is 6.18 Å². The van der Waals surface area contributed by atoms with Gasteiger partial charge in [0.2, 0.25) is 5.91 Å². The Morgan fingerprint density at radius 3 is 2.90 bits per heavy atom. The zero-order valence-corrected chi connectivity index (χ0v) is 12.7. The van der Waals surface area contributed by atoms with E-state index in [0.717, 1.165) is 17.0 Å². The minimum atomic E-state index is -4.39. The topological polar surface area (TPSA) is 41.5 Å². The Hall–Kier alpha value is -1.15. The van der Waals surface area contributed by atoms with Crippen molar-refractivity contribution in [3.63, 3.8) is 0 Å². The van der Waals surface area contributed by atoms with Crippen molar-refractivity contribution in [3.8, 4) is 0 Å². The molecule has 1 atom stereocenters. The maximum Gasteiger partial charge on any atom is 0.405 e. The zero-order chi connectivity index (χ0) is 15.5. The first kappa shape index (κ1) is 16.2. The van der Waals surface area contributed by atoms with E-state index in [0.29, 0.717) is 4.38 Å². The van der Waals surface area contributed by atoms with Crippen LogP contribution in [-0.4, -0.2) is 28.3 Å². The Labute approximate surface area is 128 Å². The molecule has 3 nitrogen and oxygen atoms in total. The van der Waals surface area contributed by atoms with Crippen molar-refractivity contribution >= 4 is 39.5 Å². The minimum Gasteiger partial charge on any atom is -0.346 e. The second-order valence-electron chi connectivity index (χ2n) is 4.39. The summed E-state index contributed by atoms with van der Waals surface area (Å²) in [6.07, 6.45) is -4.39. The molecule has 1 heterocycles. The fourth-order valence-corrected chi connectivity index (χ4v) is 3.82. The fourth-order valence-electron chi connectivity index (χ4n) is 1.61. The molecule has 0 fully saturated rings. The number of carbonyl (C=O) groups is 1. The van der Waals surface area contributed by atoms with Crippen LogP contribution in [0.1, 0.15) is 12.5 Å². The van der Waals surface area contributed by atoms with Crippen molar-refractivity contribution < 1.29 is 18.0 Å². The molecule has 0 aromatic heterocycles. The van der Waals surface area contributed by atoms with Gasteiger partial charge in [0.15, 0.2) is 0 Å². The zero-order valence-electron chi connectivity index (χ0n) is 11.1. The molecular weight excluding hydrogens is 321 g/mol. The Kier molecular flexibility index (Phi) is 5.21. The molecule has 8 heteroatoms. The van der Waals surface area contributed by atoms with Crippen molar-refractivity contribution in [2.24, 2.45) is 4.99 Å². The van der Waals surface area contributed by atoms with E-state index < -0.39 is 23.9 Å². The summed E-state index contributed by atoms with van der Waals surface area (Å²) in [7, 11) is 0. The monoisotopic (exact) mass is 334 g/mol. The van der Waals surface area contributed by atoms with Crippen molar-refractivity contribution in [2.75, 3.05) is 6.54 Å². The van der Waals surface area contributed by atoms with Crippen LogP contribution in [0.15, 0.2) is 29.3 Å². The van der Waals surface area contributed by atoms with Gasteiger partial charge in [-0.05, 0) is 18.6 Å². The van der Waals surface area contributed by atoms with E-state index in [4.69, 9.17) is 0 Å². The second-order valence-corrected chi connectivity index (χ2v) is 6.94. The first-order valence-electron chi connectivity index (χ1n) is 6.15. The van der Waals surface area contributed by atoms with Crippen LogP contribution in [0.25, 0.3) is 0 Å². The Bertz CT molecular complexity index is 561. The molecular formula is C13H13F3N2OS2. The Morgan fingerprint density at radius 2 is 2.19 bits per heavy atom. The number of rotatable bonds is 3. The fraction of sp³-hybridized carbons (Fsp3) is 0.385. The standard InChI is InChI=1S/C13H13F3N2OS2/c1-8(11(19)17-7-13(14,15)16)21-12-18-10-5-3-2-4-9(10)6-20-12/h2-5,8H,6-7H2,1H3,(H,17,19). The number of hydrogen-bond acceptors (Lipinski definition) is 4. The molecule has 0 saturated heterocycles. The van der Waals surface area contributed by atoms with Crippen LogP contribution >= 0.6 is 23.5 Å². The molecule has 21 heavy (non-hydrogen) atoms. The third-order valence-corrected chi connectivity index (χ3v) is 4.96. The summed E-state index contributed by atoms with van der Waals surface area (Å²) in [6, 6.07) is 7.66. The van der Waals surface area contributed by atoms with E-state index in [1.54, 1.807) is 6.92 Å². The number of thioether (sulfide) groups is 2. The van der Waals surface area contributed by atoms with E-state index >= 15 is 0 Å². The summed E-state index contributed by atoms with van der Waals surface area (Å²) in [5, 5.41) is 1.26. The first-order chi connectivity index (χ1) is 9.85. The number of alkyl halides is 3. The number of halogens is 3. The lowest BCUT2D eigenvalue weighted by Gasteiger charge is -2.17. The molecule has 1 unspecified atom stereocenters. The largest absolute Gasteiger partial charge is 0.405 e. The van der Waals surface area contributed by atoms with Crippen LogP contribution in [0.5, 0.6) is 0 Å². The second kappa shape index (κ2) is 6.74. The molecule has 0 bridgehead atoms. The molecule has 0 spiro atoms. The van der Waals surface area contributed by atoms with Gasteiger partial charge < -0.3 is 5.32 Å². The van der Waals surface area contributed by atoms with E-state index in [1.165, 1.54) is 23.5 Å². The van der Waals surface area contributed by atoms with Gasteiger partial charge in [0.1, 0.15) is 10.9 Å². The summed E-state index contributed by atoms with van der Waals surface area (Å²) >= 11 is 2.66. The van der Waals surface area contributed by atoms with E-state index in [9.17, 15) is 18.0 Å². The molecule has 0 aliphatic carbocycles. The molecule has 1 N–H and O–H groups in total. The maximum absolute atomic E-state index is 12.1. The van der Waals surface area contributed by atoms with Crippen LogP contribution in [-0.2, 0) is 10.5 Å². The third kappa shape index (κ3) is 4.96. The van der Waals surface area contributed by atoms with Gasteiger partial charge in [0, 0.05) is 5.75 Å². The molecule has 0 saturated carbocycles. The number of carbonyl (C=O) groups excluding carboxylic acids is 1. The van der Waals surface area contributed by atoms with Gasteiger partial charge in [-0.3, -0.25) is 4.79 Å². The molecule has 1 aromatic rings. The highest BCUT2D eigenvalue weighted by atomic mass is 32.2. The number of para-hydroxylation sites is 1. The van der Waals surface area contributed by atoms with E-state index in [-0.39, 0.29) is 0 Å². The Balaban J connectivity index is 1.93.